The van der Waals surface area contributed by atoms with Crippen LogP contribution in [0, 0.1) is 11.6 Å². The van der Waals surface area contributed by atoms with Gasteiger partial charge >= 0.3 is 115 Å². The Morgan fingerprint density at radius 3 is 2.21 bits per heavy atom. The van der Waals surface area contributed by atoms with E-state index in [0.29, 0.717) is 12.3 Å². The Labute approximate surface area is 115 Å². The Kier molecular flexibility index (Phi) is 3.69. The molecule has 0 N–H and O–H groups in total. The summed E-state index contributed by atoms with van der Waals surface area (Å²) in [4.78, 5) is 3.58. The van der Waals surface area contributed by atoms with Crippen LogP contribution in [-0.2, 0) is 25.1 Å². The molecule has 1 nitrogen and oxygen atoms in total. The molecule has 0 radical (unpaired) electrons. The van der Waals surface area contributed by atoms with Crippen molar-refractivity contribution in [3.05, 3.63) is 47.7 Å². The van der Waals surface area contributed by atoms with Gasteiger partial charge in [-0.1, -0.05) is 0 Å². The van der Waals surface area contributed by atoms with Gasteiger partial charge in [0.05, 0.1) is 0 Å². The Balaban J connectivity index is 2.49. The van der Waals surface area contributed by atoms with Crippen LogP contribution in [0.4, 0.5) is 22.0 Å². The average molecular weight is 450 g/mol. The van der Waals surface area contributed by atoms with Gasteiger partial charge in [0.15, 0.2) is 0 Å². The predicted molar refractivity (Wildman–Crippen MR) is 54.2 cm³/mol. The van der Waals surface area contributed by atoms with E-state index in [4.69, 9.17) is 0 Å². The van der Waals surface area contributed by atoms with Gasteiger partial charge in [0, 0.05) is 0 Å². The van der Waals surface area contributed by atoms with Gasteiger partial charge in [-0.15, -0.1) is 0 Å². The van der Waals surface area contributed by atoms with Gasteiger partial charge < -0.3 is 0 Å². The van der Waals surface area contributed by atoms with E-state index in [1.165, 1.54) is 18.9 Å². The number of nitrogens with zero attached hydrogens (tertiary/aromatic N) is 1. The molecule has 2 rings (SSSR count). The molecule has 0 unspecified atom stereocenters. The van der Waals surface area contributed by atoms with Gasteiger partial charge in [0.25, 0.3) is 0 Å². The molecule has 0 spiro atoms. The van der Waals surface area contributed by atoms with Crippen molar-refractivity contribution < 1.29 is 40.9 Å². The molecule has 0 aliphatic rings. The number of halogens is 5. The van der Waals surface area contributed by atoms with E-state index in [1.807, 2.05) is 0 Å². The van der Waals surface area contributed by atoms with Crippen LogP contribution in [0.2, 0.25) is 0 Å². The zero-order valence-electron chi connectivity index (χ0n) is 9.06. The monoisotopic (exact) mass is 451 g/mol. The van der Waals surface area contributed by atoms with Crippen molar-refractivity contribution in [2.24, 2.45) is 0 Å². The molecule has 1 aromatic heterocycles. The number of hydrogen-bond acceptors (Lipinski definition) is 1. The van der Waals surface area contributed by atoms with Gasteiger partial charge in [0.1, 0.15) is 0 Å². The van der Waals surface area contributed by atoms with Crippen molar-refractivity contribution in [1.82, 2.24) is 4.98 Å². The van der Waals surface area contributed by atoms with Crippen LogP contribution < -0.4 is 4.08 Å². The number of pyridine rings is 1. The first kappa shape index (κ1) is 14.1. The summed E-state index contributed by atoms with van der Waals surface area (Å²) >= 11 is 1.46. The summed E-state index contributed by atoms with van der Waals surface area (Å²) in [6, 6.07) is 3.64. The third-order valence-corrected chi connectivity index (χ3v) is 3.28. The van der Waals surface area contributed by atoms with Crippen molar-refractivity contribution in [3.8, 4) is 11.3 Å². The van der Waals surface area contributed by atoms with Crippen molar-refractivity contribution in [2.75, 3.05) is 0 Å². The van der Waals surface area contributed by atoms with Crippen molar-refractivity contribution in [2.45, 2.75) is 6.18 Å². The summed E-state index contributed by atoms with van der Waals surface area (Å²) < 4.78 is 63.9. The fourth-order valence-corrected chi connectivity index (χ4v) is 2.40. The van der Waals surface area contributed by atoms with Crippen molar-refractivity contribution in [3.63, 3.8) is 0 Å². The molecule has 0 saturated heterocycles. The van der Waals surface area contributed by atoms with E-state index in [2.05, 4.69) is 4.98 Å². The van der Waals surface area contributed by atoms with Gasteiger partial charge in [-0.25, -0.2) is 0 Å². The fraction of sp³-hybridized carbons (Fsp3) is 0.0833. The second-order valence-electron chi connectivity index (χ2n) is 3.65. The van der Waals surface area contributed by atoms with Crippen LogP contribution in [0.1, 0.15) is 5.56 Å². The Morgan fingerprint density at radius 2 is 1.74 bits per heavy atom. The molecule has 0 amide bonds. The molecule has 102 valence electrons. The first-order valence-corrected chi connectivity index (χ1v) is 6.15. The normalized spacial score (nSPS) is 11.7. The number of alkyl halides is 3. The zero-order chi connectivity index (χ0) is 14.2. The molecule has 19 heavy (non-hydrogen) atoms. The first-order valence-electron chi connectivity index (χ1n) is 4.95. The Bertz CT molecular complexity index is 584. The molecule has 2 aromatic rings. The van der Waals surface area contributed by atoms with E-state index >= 15 is 0 Å². The predicted octanol–water partition coefficient (Wildman–Crippen LogP) is 3.22. The second-order valence-corrected chi connectivity index (χ2v) is 4.94. The molecule has 0 fully saturated rings. The maximum absolute atomic E-state index is 13.6. The second kappa shape index (κ2) is 4.98. The molecular weight excluding hydrogens is 445 g/mol. The number of rotatable bonds is 1. The fourth-order valence-electron chi connectivity index (χ4n) is 1.48. The molecule has 7 heteroatoms. The topological polar surface area (TPSA) is 12.9 Å². The standard InChI is InChI=1S/C12H5F5N.Ir/c13-8-2-3-9(10(14)5-8)11-4-1-7(6-18-11)12(15,16)17;/h1-2,4-6H;. The van der Waals surface area contributed by atoms with Crippen LogP contribution in [-0.4, -0.2) is 4.98 Å². The van der Waals surface area contributed by atoms with Crippen LogP contribution in [0.15, 0.2) is 30.5 Å². The molecule has 0 bridgehead atoms. The molecule has 0 aliphatic heterocycles. The van der Waals surface area contributed by atoms with Crippen LogP contribution in [0.3, 0.4) is 0 Å². The van der Waals surface area contributed by atoms with Crippen LogP contribution >= 0.6 is 0 Å². The minimum absolute atomic E-state index is 0.00451. The van der Waals surface area contributed by atoms with E-state index in [9.17, 15) is 22.0 Å². The summed E-state index contributed by atoms with van der Waals surface area (Å²) in [5.74, 6) is -1.60. The van der Waals surface area contributed by atoms with E-state index in [1.54, 1.807) is 0 Å². The quantitative estimate of drug-likeness (QED) is 0.609. The van der Waals surface area contributed by atoms with Crippen LogP contribution in [0.5, 0.6) is 0 Å². The third-order valence-electron chi connectivity index (χ3n) is 2.34. The van der Waals surface area contributed by atoms with E-state index in [-0.39, 0.29) is 15.3 Å². The van der Waals surface area contributed by atoms with Crippen molar-refractivity contribution >= 4 is 4.08 Å². The van der Waals surface area contributed by atoms with Gasteiger partial charge in [-0.2, -0.15) is 0 Å². The van der Waals surface area contributed by atoms with Crippen LogP contribution in [0.25, 0.3) is 11.3 Å². The molecule has 0 atom stereocenters. The van der Waals surface area contributed by atoms with E-state index in [0.717, 1.165) is 18.2 Å². The molecular formula is C12H5F5IrN. The third kappa shape index (κ3) is 2.98. The Hall–Kier alpha value is -1.33. The van der Waals surface area contributed by atoms with Gasteiger partial charge in [-0.05, 0) is 0 Å². The molecule has 1 heterocycles. The number of benzene rings is 1. The van der Waals surface area contributed by atoms with E-state index < -0.39 is 23.4 Å². The maximum atomic E-state index is 13.6. The molecule has 1 aromatic carbocycles. The number of aromatic nitrogens is 1. The molecule has 0 saturated carbocycles. The summed E-state index contributed by atoms with van der Waals surface area (Å²) in [5, 5.41) is 0. The number of hydrogen-bond donors (Lipinski definition) is 0. The first-order chi connectivity index (χ1) is 8.79. The summed E-state index contributed by atoms with van der Waals surface area (Å²) in [6.45, 7) is 0. The summed E-state index contributed by atoms with van der Waals surface area (Å²) in [6.07, 6.45) is -3.88. The van der Waals surface area contributed by atoms with Gasteiger partial charge in [-0.3, -0.25) is 0 Å². The van der Waals surface area contributed by atoms with Crippen molar-refractivity contribution in [1.29, 1.82) is 0 Å². The minimum atomic E-state index is -4.50. The zero-order valence-corrected chi connectivity index (χ0v) is 11.5. The molecule has 0 aliphatic carbocycles. The summed E-state index contributed by atoms with van der Waals surface area (Å²) in [7, 11) is 0. The summed E-state index contributed by atoms with van der Waals surface area (Å²) in [5.41, 5.74) is -0.894. The average Bonchev–Trinajstić information content (AvgIpc) is 2.27. The van der Waals surface area contributed by atoms with Gasteiger partial charge in [0.2, 0.25) is 0 Å². The SMILES string of the molecule is Fc1cc(F)c(-c2ccc(C(F)(F)F)cn2)[c]([Ir])c1. The Morgan fingerprint density at radius 1 is 1.05 bits per heavy atom.